The van der Waals surface area contributed by atoms with Gasteiger partial charge in [-0.1, -0.05) is 11.6 Å². The van der Waals surface area contributed by atoms with Crippen molar-refractivity contribution in [1.82, 2.24) is 9.97 Å². The fourth-order valence-corrected chi connectivity index (χ4v) is 1.95. The van der Waals surface area contributed by atoms with Gasteiger partial charge in [0.25, 0.3) is 0 Å². The number of hydrogen-bond donors (Lipinski definition) is 0. The van der Waals surface area contributed by atoms with Crippen molar-refractivity contribution in [2.75, 3.05) is 0 Å². The second kappa shape index (κ2) is 4.28. The Hall–Kier alpha value is -1.55. The molecule has 1 heterocycles. The number of nitrogens with zero attached hydrogens (tertiary/aromatic N) is 2. The van der Waals surface area contributed by atoms with Crippen molar-refractivity contribution < 1.29 is 8.78 Å². The van der Waals surface area contributed by atoms with Gasteiger partial charge >= 0.3 is 0 Å². The summed E-state index contributed by atoms with van der Waals surface area (Å²) >= 11 is 5.92. The van der Waals surface area contributed by atoms with Crippen molar-refractivity contribution >= 4 is 11.6 Å². The van der Waals surface area contributed by atoms with E-state index < -0.39 is 11.6 Å². The van der Waals surface area contributed by atoms with Gasteiger partial charge in [-0.2, -0.15) is 0 Å². The molecule has 3 rings (SSSR count). The van der Waals surface area contributed by atoms with Crippen molar-refractivity contribution in [1.29, 1.82) is 0 Å². The van der Waals surface area contributed by atoms with Crippen LogP contribution in [0.3, 0.4) is 0 Å². The molecule has 0 radical (unpaired) electrons. The fraction of sp³-hybridized carbons (Fsp3) is 0.231. The average Bonchev–Trinajstić information content (AvgIpc) is 3.16. The molecule has 0 aliphatic heterocycles. The standard InChI is InChI=1S/C13H9ClF2N2/c14-12-6-11(17-13(18-12)7-1-2-7)8-3-4-9(15)10(16)5-8/h3-7H,1-2H2. The second-order valence-corrected chi connectivity index (χ2v) is 4.72. The second-order valence-electron chi connectivity index (χ2n) is 4.34. The van der Waals surface area contributed by atoms with Gasteiger partial charge in [-0.15, -0.1) is 0 Å². The minimum Gasteiger partial charge on any atom is -0.232 e. The Morgan fingerprint density at radius 1 is 1.06 bits per heavy atom. The maximum atomic E-state index is 13.2. The predicted molar refractivity (Wildman–Crippen MR) is 64.4 cm³/mol. The molecule has 1 saturated carbocycles. The number of aromatic nitrogens is 2. The van der Waals surface area contributed by atoms with E-state index >= 15 is 0 Å². The Morgan fingerprint density at radius 3 is 2.50 bits per heavy atom. The molecule has 18 heavy (non-hydrogen) atoms. The van der Waals surface area contributed by atoms with Crippen LogP contribution in [0.1, 0.15) is 24.6 Å². The lowest BCUT2D eigenvalue weighted by atomic mass is 10.1. The number of hydrogen-bond acceptors (Lipinski definition) is 2. The average molecular weight is 267 g/mol. The van der Waals surface area contributed by atoms with Gasteiger partial charge in [0.1, 0.15) is 11.0 Å². The van der Waals surface area contributed by atoms with Crippen molar-refractivity contribution in [2.24, 2.45) is 0 Å². The molecule has 2 aromatic rings. The first-order valence-corrected chi connectivity index (χ1v) is 6.01. The molecule has 0 amide bonds. The Balaban J connectivity index is 2.07. The van der Waals surface area contributed by atoms with Gasteiger partial charge < -0.3 is 0 Å². The molecule has 1 aliphatic carbocycles. The summed E-state index contributed by atoms with van der Waals surface area (Å²) in [4.78, 5) is 8.50. The van der Waals surface area contributed by atoms with Gasteiger partial charge in [0.15, 0.2) is 11.6 Å². The molecule has 0 N–H and O–H groups in total. The topological polar surface area (TPSA) is 25.8 Å². The van der Waals surface area contributed by atoms with Crippen LogP contribution in [-0.4, -0.2) is 9.97 Å². The lowest BCUT2D eigenvalue weighted by Gasteiger charge is -2.05. The summed E-state index contributed by atoms with van der Waals surface area (Å²) < 4.78 is 26.1. The maximum absolute atomic E-state index is 13.2. The van der Waals surface area contributed by atoms with Crippen LogP contribution in [0.5, 0.6) is 0 Å². The highest BCUT2D eigenvalue weighted by Crippen LogP contribution is 2.39. The molecule has 0 bridgehead atoms. The van der Waals surface area contributed by atoms with Crippen LogP contribution in [0.25, 0.3) is 11.3 Å². The molecular weight excluding hydrogens is 258 g/mol. The first-order valence-electron chi connectivity index (χ1n) is 5.63. The van der Waals surface area contributed by atoms with Crippen LogP contribution in [0.4, 0.5) is 8.78 Å². The van der Waals surface area contributed by atoms with Crippen LogP contribution in [0, 0.1) is 11.6 Å². The number of rotatable bonds is 2. The van der Waals surface area contributed by atoms with Crippen molar-refractivity contribution in [2.45, 2.75) is 18.8 Å². The molecular formula is C13H9ClF2N2. The molecule has 1 aromatic carbocycles. The summed E-state index contributed by atoms with van der Waals surface area (Å²) in [5.41, 5.74) is 1.02. The summed E-state index contributed by atoms with van der Waals surface area (Å²) in [7, 11) is 0. The van der Waals surface area contributed by atoms with Crippen molar-refractivity contribution in [3.63, 3.8) is 0 Å². The number of halogens is 3. The molecule has 2 nitrogen and oxygen atoms in total. The van der Waals surface area contributed by atoms with E-state index in [2.05, 4.69) is 9.97 Å². The van der Waals surface area contributed by atoms with Crippen LogP contribution in [0.2, 0.25) is 5.15 Å². The van der Waals surface area contributed by atoms with Crippen LogP contribution >= 0.6 is 11.6 Å². The zero-order valence-corrected chi connectivity index (χ0v) is 10.1. The van der Waals surface area contributed by atoms with Gasteiger partial charge in [-0.25, -0.2) is 18.7 Å². The SMILES string of the molecule is Fc1ccc(-c2cc(Cl)nc(C3CC3)n2)cc1F. The van der Waals surface area contributed by atoms with E-state index in [1.165, 1.54) is 6.07 Å². The Kier molecular flexibility index (Phi) is 2.74. The van der Waals surface area contributed by atoms with Gasteiger partial charge in [0.05, 0.1) is 5.69 Å². The highest BCUT2D eigenvalue weighted by Gasteiger charge is 2.27. The first kappa shape index (κ1) is 11.5. The largest absolute Gasteiger partial charge is 0.232 e. The van der Waals surface area contributed by atoms with E-state index in [1.807, 2.05) is 0 Å². The Morgan fingerprint density at radius 2 is 1.83 bits per heavy atom. The maximum Gasteiger partial charge on any atom is 0.159 e. The predicted octanol–water partition coefficient (Wildman–Crippen LogP) is 3.95. The number of benzene rings is 1. The molecule has 0 atom stereocenters. The molecule has 1 aromatic heterocycles. The molecule has 1 aliphatic rings. The third-order valence-electron chi connectivity index (χ3n) is 2.87. The molecule has 5 heteroatoms. The Bertz CT molecular complexity index is 612. The van der Waals surface area contributed by atoms with Gasteiger partial charge in [0, 0.05) is 17.5 Å². The zero-order valence-electron chi connectivity index (χ0n) is 9.33. The van der Waals surface area contributed by atoms with E-state index in [-0.39, 0.29) is 0 Å². The van der Waals surface area contributed by atoms with E-state index in [0.717, 1.165) is 25.0 Å². The summed E-state index contributed by atoms with van der Waals surface area (Å²) in [5, 5.41) is 0.326. The summed E-state index contributed by atoms with van der Waals surface area (Å²) in [5.74, 6) is -0.730. The van der Waals surface area contributed by atoms with Crippen LogP contribution in [-0.2, 0) is 0 Å². The summed E-state index contributed by atoms with van der Waals surface area (Å²) in [6.45, 7) is 0. The lowest BCUT2D eigenvalue weighted by Crippen LogP contribution is -1.96. The van der Waals surface area contributed by atoms with E-state index in [0.29, 0.717) is 28.2 Å². The van der Waals surface area contributed by atoms with Crippen molar-refractivity contribution in [3.8, 4) is 11.3 Å². The summed E-state index contributed by atoms with van der Waals surface area (Å²) in [6, 6.07) is 5.23. The van der Waals surface area contributed by atoms with Gasteiger partial charge in [-0.05, 0) is 31.0 Å². The van der Waals surface area contributed by atoms with Crippen LogP contribution in [0.15, 0.2) is 24.3 Å². The quantitative estimate of drug-likeness (QED) is 0.769. The molecule has 0 unspecified atom stereocenters. The highest BCUT2D eigenvalue weighted by atomic mass is 35.5. The Labute approximate surface area is 108 Å². The van der Waals surface area contributed by atoms with Gasteiger partial charge in [0.2, 0.25) is 0 Å². The smallest absolute Gasteiger partial charge is 0.159 e. The monoisotopic (exact) mass is 266 g/mol. The minimum atomic E-state index is -0.893. The lowest BCUT2D eigenvalue weighted by molar-refractivity contribution is 0.509. The highest BCUT2D eigenvalue weighted by molar-refractivity contribution is 6.29. The zero-order chi connectivity index (χ0) is 12.7. The van der Waals surface area contributed by atoms with E-state index in [1.54, 1.807) is 6.07 Å². The fourth-order valence-electron chi connectivity index (χ4n) is 1.76. The molecule has 0 spiro atoms. The van der Waals surface area contributed by atoms with Crippen LogP contribution < -0.4 is 0 Å². The van der Waals surface area contributed by atoms with E-state index in [9.17, 15) is 8.78 Å². The van der Waals surface area contributed by atoms with E-state index in [4.69, 9.17) is 11.6 Å². The van der Waals surface area contributed by atoms with Gasteiger partial charge in [-0.3, -0.25) is 0 Å². The van der Waals surface area contributed by atoms with Crippen molar-refractivity contribution in [3.05, 3.63) is 46.9 Å². The summed E-state index contributed by atoms with van der Waals surface area (Å²) in [6.07, 6.45) is 2.11. The molecule has 92 valence electrons. The minimum absolute atomic E-state index is 0.326. The molecule has 1 fully saturated rings. The first-order chi connectivity index (χ1) is 8.63. The third-order valence-corrected chi connectivity index (χ3v) is 3.06. The molecule has 0 saturated heterocycles. The normalized spacial score (nSPS) is 14.8. The third kappa shape index (κ3) is 2.20.